The topological polar surface area (TPSA) is 29.1 Å². The zero-order chi connectivity index (χ0) is 9.40. The zero-order valence-electron chi connectivity index (χ0n) is 7.89. The lowest BCUT2D eigenvalue weighted by atomic mass is 10.1. The standard InChI is InChI=1S/C10H17NO/c1-4-6-7-9(3)8-10(12)11-5-2/h5,8H,2,4,6-7H2,1,3H3,(H,11,12)/b9-8+. The lowest BCUT2D eigenvalue weighted by Gasteiger charge is -1.98. The van der Waals surface area contributed by atoms with Crippen molar-refractivity contribution in [1.82, 2.24) is 5.32 Å². The molecule has 0 heterocycles. The van der Waals surface area contributed by atoms with Gasteiger partial charge in [0, 0.05) is 6.08 Å². The predicted molar refractivity (Wildman–Crippen MR) is 51.6 cm³/mol. The van der Waals surface area contributed by atoms with Crippen molar-refractivity contribution in [3.8, 4) is 0 Å². The molecule has 1 amide bonds. The van der Waals surface area contributed by atoms with Crippen molar-refractivity contribution in [3.63, 3.8) is 0 Å². The maximum Gasteiger partial charge on any atom is 0.247 e. The second kappa shape index (κ2) is 6.65. The van der Waals surface area contributed by atoms with Gasteiger partial charge in [-0.25, -0.2) is 0 Å². The van der Waals surface area contributed by atoms with E-state index in [9.17, 15) is 4.79 Å². The molecule has 0 saturated carbocycles. The SMILES string of the molecule is C=CNC(=O)/C=C(\C)CCCC. The molecule has 0 aromatic carbocycles. The van der Waals surface area contributed by atoms with Gasteiger partial charge in [0.05, 0.1) is 0 Å². The molecule has 1 N–H and O–H groups in total. The maximum atomic E-state index is 11.0. The third-order valence-electron chi connectivity index (χ3n) is 1.55. The molecule has 0 aliphatic carbocycles. The van der Waals surface area contributed by atoms with Crippen LogP contribution >= 0.6 is 0 Å². The van der Waals surface area contributed by atoms with Gasteiger partial charge in [-0.15, -0.1) is 0 Å². The molecule has 0 bridgehead atoms. The van der Waals surface area contributed by atoms with E-state index in [2.05, 4.69) is 18.8 Å². The Balaban J connectivity index is 3.80. The van der Waals surface area contributed by atoms with E-state index >= 15 is 0 Å². The molecule has 0 aliphatic heterocycles. The second-order valence-corrected chi connectivity index (χ2v) is 2.81. The van der Waals surface area contributed by atoms with Crippen LogP contribution in [0.5, 0.6) is 0 Å². The summed E-state index contributed by atoms with van der Waals surface area (Å²) in [6.45, 7) is 7.52. The Labute approximate surface area is 74.4 Å². The molecule has 0 atom stereocenters. The highest BCUT2D eigenvalue weighted by atomic mass is 16.1. The van der Waals surface area contributed by atoms with E-state index in [-0.39, 0.29) is 5.91 Å². The number of nitrogens with one attached hydrogen (secondary N) is 1. The first-order chi connectivity index (χ1) is 5.70. The summed E-state index contributed by atoms with van der Waals surface area (Å²) in [5, 5.41) is 2.50. The van der Waals surface area contributed by atoms with Crippen LogP contribution in [0.2, 0.25) is 0 Å². The highest BCUT2D eigenvalue weighted by Gasteiger charge is 1.94. The van der Waals surface area contributed by atoms with Crippen LogP contribution in [0.15, 0.2) is 24.4 Å². The number of amides is 1. The van der Waals surface area contributed by atoms with Crippen LogP contribution in [-0.4, -0.2) is 5.91 Å². The lowest BCUT2D eigenvalue weighted by molar-refractivity contribution is -0.115. The van der Waals surface area contributed by atoms with Gasteiger partial charge in [0.2, 0.25) is 5.91 Å². The normalized spacial score (nSPS) is 11.0. The highest BCUT2D eigenvalue weighted by Crippen LogP contribution is 2.05. The van der Waals surface area contributed by atoms with Crippen molar-refractivity contribution < 1.29 is 4.79 Å². The first kappa shape index (κ1) is 11.0. The van der Waals surface area contributed by atoms with Gasteiger partial charge in [-0.2, -0.15) is 0 Å². The minimum Gasteiger partial charge on any atom is -0.330 e. The summed E-state index contributed by atoms with van der Waals surface area (Å²) in [4.78, 5) is 11.0. The third kappa shape index (κ3) is 5.71. The van der Waals surface area contributed by atoms with Crippen molar-refractivity contribution in [2.45, 2.75) is 33.1 Å². The van der Waals surface area contributed by atoms with Crippen molar-refractivity contribution in [2.75, 3.05) is 0 Å². The molecule has 0 radical (unpaired) electrons. The molecule has 0 fully saturated rings. The molecule has 0 saturated heterocycles. The van der Waals surface area contributed by atoms with Crippen LogP contribution in [0.25, 0.3) is 0 Å². The van der Waals surface area contributed by atoms with Gasteiger partial charge in [-0.05, 0) is 26.0 Å². The molecule has 0 aromatic rings. The molecule has 0 aromatic heterocycles. The molecule has 0 aliphatic rings. The third-order valence-corrected chi connectivity index (χ3v) is 1.55. The van der Waals surface area contributed by atoms with Crippen LogP contribution in [0.4, 0.5) is 0 Å². The zero-order valence-corrected chi connectivity index (χ0v) is 7.89. The van der Waals surface area contributed by atoms with Crippen LogP contribution in [0.3, 0.4) is 0 Å². The van der Waals surface area contributed by atoms with Gasteiger partial charge < -0.3 is 5.32 Å². The van der Waals surface area contributed by atoms with Gasteiger partial charge in [-0.1, -0.05) is 25.5 Å². The molecule has 2 heteroatoms. The number of unbranched alkanes of at least 4 members (excludes halogenated alkanes) is 1. The molecule has 0 unspecified atom stereocenters. The van der Waals surface area contributed by atoms with Gasteiger partial charge in [0.15, 0.2) is 0 Å². The number of carbonyl (C=O) groups is 1. The molecule has 2 nitrogen and oxygen atoms in total. The number of allylic oxidation sites excluding steroid dienone is 1. The molecule has 68 valence electrons. The quantitative estimate of drug-likeness (QED) is 0.626. The lowest BCUT2D eigenvalue weighted by Crippen LogP contribution is -2.13. The number of rotatable bonds is 5. The van der Waals surface area contributed by atoms with Crippen LogP contribution < -0.4 is 5.32 Å². The fourth-order valence-corrected chi connectivity index (χ4v) is 0.894. The van der Waals surface area contributed by atoms with E-state index < -0.39 is 0 Å². The summed E-state index contributed by atoms with van der Waals surface area (Å²) in [6, 6.07) is 0. The van der Waals surface area contributed by atoms with Gasteiger partial charge in [-0.3, -0.25) is 4.79 Å². The Kier molecular flexibility index (Phi) is 6.07. The fourth-order valence-electron chi connectivity index (χ4n) is 0.894. The van der Waals surface area contributed by atoms with Crippen molar-refractivity contribution in [2.24, 2.45) is 0 Å². The largest absolute Gasteiger partial charge is 0.330 e. The minimum atomic E-state index is -0.0846. The summed E-state index contributed by atoms with van der Waals surface area (Å²) in [7, 11) is 0. The summed E-state index contributed by atoms with van der Waals surface area (Å²) in [6.07, 6.45) is 6.32. The van der Waals surface area contributed by atoms with Crippen molar-refractivity contribution in [1.29, 1.82) is 0 Å². The Morgan fingerprint density at radius 1 is 1.58 bits per heavy atom. The molecular formula is C10H17NO. The first-order valence-corrected chi connectivity index (χ1v) is 4.29. The summed E-state index contributed by atoms with van der Waals surface area (Å²) in [5.74, 6) is -0.0846. The second-order valence-electron chi connectivity index (χ2n) is 2.81. The fraction of sp³-hybridized carbons (Fsp3) is 0.500. The van der Waals surface area contributed by atoms with E-state index in [4.69, 9.17) is 0 Å². The highest BCUT2D eigenvalue weighted by molar-refractivity contribution is 5.88. The van der Waals surface area contributed by atoms with Crippen LogP contribution in [-0.2, 0) is 4.79 Å². The van der Waals surface area contributed by atoms with Gasteiger partial charge >= 0.3 is 0 Å². The molecule has 0 rings (SSSR count). The Hall–Kier alpha value is -1.05. The van der Waals surface area contributed by atoms with Gasteiger partial charge in [0.25, 0.3) is 0 Å². The molecule has 0 spiro atoms. The Bertz CT molecular complexity index is 182. The van der Waals surface area contributed by atoms with E-state index in [1.807, 2.05) is 6.92 Å². The number of carbonyl (C=O) groups excluding carboxylic acids is 1. The Morgan fingerprint density at radius 3 is 2.75 bits per heavy atom. The number of hydrogen-bond donors (Lipinski definition) is 1. The van der Waals surface area contributed by atoms with E-state index in [0.29, 0.717) is 0 Å². The van der Waals surface area contributed by atoms with E-state index in [1.54, 1.807) is 6.08 Å². The average molecular weight is 167 g/mol. The van der Waals surface area contributed by atoms with Crippen LogP contribution in [0.1, 0.15) is 33.1 Å². The van der Waals surface area contributed by atoms with E-state index in [1.165, 1.54) is 6.20 Å². The van der Waals surface area contributed by atoms with Crippen molar-refractivity contribution in [3.05, 3.63) is 24.4 Å². The first-order valence-electron chi connectivity index (χ1n) is 4.29. The molecule has 12 heavy (non-hydrogen) atoms. The van der Waals surface area contributed by atoms with Crippen LogP contribution in [0, 0.1) is 0 Å². The average Bonchev–Trinajstić information content (AvgIpc) is 2.01. The summed E-state index contributed by atoms with van der Waals surface area (Å²) in [5.41, 5.74) is 1.12. The summed E-state index contributed by atoms with van der Waals surface area (Å²) >= 11 is 0. The Morgan fingerprint density at radius 2 is 2.25 bits per heavy atom. The minimum absolute atomic E-state index is 0.0846. The van der Waals surface area contributed by atoms with Crippen molar-refractivity contribution >= 4 is 5.91 Å². The molecular weight excluding hydrogens is 150 g/mol. The maximum absolute atomic E-state index is 11.0. The number of hydrogen-bond acceptors (Lipinski definition) is 1. The monoisotopic (exact) mass is 167 g/mol. The smallest absolute Gasteiger partial charge is 0.247 e. The predicted octanol–water partition coefficient (Wildman–Crippen LogP) is 2.38. The summed E-state index contributed by atoms with van der Waals surface area (Å²) < 4.78 is 0. The van der Waals surface area contributed by atoms with Gasteiger partial charge in [0.1, 0.15) is 0 Å². The van der Waals surface area contributed by atoms with E-state index in [0.717, 1.165) is 24.8 Å².